The Kier molecular flexibility index (Phi) is 2.58. The number of pyridine rings is 1. The fourth-order valence-electron chi connectivity index (χ4n) is 1.71. The maximum atomic E-state index is 11.2. The number of aromatic nitrogens is 1. The normalized spacial score (nSPS) is 12.9. The van der Waals surface area contributed by atoms with Gasteiger partial charge >= 0.3 is 0 Å². The minimum absolute atomic E-state index is 0.0381. The highest BCUT2D eigenvalue weighted by atomic mass is 16.1. The van der Waals surface area contributed by atoms with Crippen molar-refractivity contribution in [1.82, 2.24) is 4.98 Å². The van der Waals surface area contributed by atoms with Crippen LogP contribution in [0.4, 0.5) is 0 Å². The van der Waals surface area contributed by atoms with E-state index in [4.69, 9.17) is 0 Å². The van der Waals surface area contributed by atoms with Crippen LogP contribution in [0.1, 0.15) is 31.7 Å². The van der Waals surface area contributed by atoms with Gasteiger partial charge in [0.25, 0.3) is 0 Å². The summed E-state index contributed by atoms with van der Waals surface area (Å²) in [7, 11) is 0. The smallest absolute Gasteiger partial charge is 0.248 e. The maximum Gasteiger partial charge on any atom is 0.248 e. The van der Waals surface area contributed by atoms with Crippen molar-refractivity contribution >= 4 is 10.9 Å². The fourth-order valence-corrected chi connectivity index (χ4v) is 1.71. The van der Waals surface area contributed by atoms with Crippen LogP contribution in [0, 0.1) is 0 Å². The summed E-state index contributed by atoms with van der Waals surface area (Å²) in [5.41, 5.74) is 2.18. The van der Waals surface area contributed by atoms with E-state index in [1.54, 1.807) is 6.07 Å². The van der Waals surface area contributed by atoms with Crippen molar-refractivity contribution in [1.29, 1.82) is 0 Å². The molecule has 2 aromatic rings. The summed E-state index contributed by atoms with van der Waals surface area (Å²) in [6, 6.07) is 9.69. The third kappa shape index (κ3) is 1.94. The van der Waals surface area contributed by atoms with E-state index in [0.717, 1.165) is 17.3 Å². The summed E-state index contributed by atoms with van der Waals surface area (Å²) in [5, 5.41) is 1.08. The van der Waals surface area contributed by atoms with Crippen LogP contribution in [-0.2, 0) is 0 Å². The first-order chi connectivity index (χ1) is 7.20. The van der Waals surface area contributed by atoms with Crippen LogP contribution in [0.3, 0.4) is 0 Å². The van der Waals surface area contributed by atoms with E-state index in [1.807, 2.05) is 6.07 Å². The predicted molar refractivity (Wildman–Crippen MR) is 63.3 cm³/mol. The first-order valence-corrected chi connectivity index (χ1v) is 5.33. The number of H-pyrrole nitrogens is 1. The summed E-state index contributed by atoms with van der Waals surface area (Å²) in [4.78, 5) is 14.0. The molecule has 0 saturated carbocycles. The van der Waals surface area contributed by atoms with E-state index >= 15 is 0 Å². The lowest BCUT2D eigenvalue weighted by Gasteiger charge is -2.09. The Balaban J connectivity index is 2.59. The van der Waals surface area contributed by atoms with Gasteiger partial charge in [0.2, 0.25) is 5.56 Å². The Morgan fingerprint density at radius 1 is 1.27 bits per heavy atom. The SMILES string of the molecule is CCC(C)c1ccc2ccc(=O)[nH]c2c1. The molecule has 1 unspecified atom stereocenters. The van der Waals surface area contributed by atoms with Gasteiger partial charge in [0, 0.05) is 11.6 Å². The minimum atomic E-state index is -0.0381. The predicted octanol–water partition coefficient (Wildman–Crippen LogP) is 3.04. The van der Waals surface area contributed by atoms with Gasteiger partial charge < -0.3 is 4.98 Å². The number of fused-ring (bicyclic) bond motifs is 1. The topological polar surface area (TPSA) is 32.9 Å². The zero-order valence-corrected chi connectivity index (χ0v) is 9.08. The van der Waals surface area contributed by atoms with Crippen LogP contribution in [0.2, 0.25) is 0 Å². The molecule has 78 valence electrons. The second-order valence-corrected chi connectivity index (χ2v) is 3.98. The number of rotatable bonds is 2. The molecule has 1 atom stereocenters. The van der Waals surface area contributed by atoms with E-state index in [9.17, 15) is 4.79 Å². The lowest BCUT2D eigenvalue weighted by molar-refractivity contribution is 0.734. The minimum Gasteiger partial charge on any atom is -0.322 e. The number of nitrogens with one attached hydrogen (secondary N) is 1. The second kappa shape index (κ2) is 3.89. The Hall–Kier alpha value is -1.57. The van der Waals surface area contributed by atoms with Gasteiger partial charge in [-0.3, -0.25) is 4.79 Å². The molecule has 0 aliphatic heterocycles. The van der Waals surface area contributed by atoms with Crippen molar-refractivity contribution in [2.45, 2.75) is 26.2 Å². The zero-order valence-electron chi connectivity index (χ0n) is 9.08. The van der Waals surface area contributed by atoms with Crippen molar-refractivity contribution in [2.75, 3.05) is 0 Å². The summed E-state index contributed by atoms with van der Waals surface area (Å²) in [6.45, 7) is 4.37. The molecular weight excluding hydrogens is 186 g/mol. The molecule has 2 heteroatoms. The molecule has 1 N–H and O–H groups in total. The van der Waals surface area contributed by atoms with Gasteiger partial charge in [0.05, 0.1) is 0 Å². The van der Waals surface area contributed by atoms with Gasteiger partial charge in [-0.25, -0.2) is 0 Å². The molecule has 1 heterocycles. The van der Waals surface area contributed by atoms with Crippen molar-refractivity contribution in [3.05, 3.63) is 46.2 Å². The molecule has 0 radical (unpaired) electrons. The van der Waals surface area contributed by atoms with Gasteiger partial charge in [-0.05, 0) is 35.4 Å². The van der Waals surface area contributed by atoms with Gasteiger partial charge in [0.15, 0.2) is 0 Å². The van der Waals surface area contributed by atoms with Crippen LogP contribution >= 0.6 is 0 Å². The van der Waals surface area contributed by atoms with Gasteiger partial charge in [-0.15, -0.1) is 0 Å². The van der Waals surface area contributed by atoms with Crippen LogP contribution < -0.4 is 5.56 Å². The Morgan fingerprint density at radius 2 is 2.00 bits per heavy atom. The Labute approximate surface area is 89.0 Å². The van der Waals surface area contributed by atoms with Crippen LogP contribution in [-0.4, -0.2) is 4.98 Å². The lowest BCUT2D eigenvalue weighted by atomic mass is 9.97. The van der Waals surface area contributed by atoms with E-state index in [0.29, 0.717) is 5.92 Å². The number of aromatic amines is 1. The molecule has 2 rings (SSSR count). The van der Waals surface area contributed by atoms with E-state index in [-0.39, 0.29) is 5.56 Å². The van der Waals surface area contributed by atoms with Gasteiger partial charge in [-0.2, -0.15) is 0 Å². The number of hydrogen-bond donors (Lipinski definition) is 1. The van der Waals surface area contributed by atoms with E-state index < -0.39 is 0 Å². The third-order valence-electron chi connectivity index (χ3n) is 2.93. The Morgan fingerprint density at radius 3 is 2.73 bits per heavy atom. The van der Waals surface area contributed by atoms with E-state index in [1.165, 1.54) is 5.56 Å². The molecule has 2 nitrogen and oxygen atoms in total. The molecule has 15 heavy (non-hydrogen) atoms. The molecular formula is C13H15NO. The zero-order chi connectivity index (χ0) is 10.8. The molecule has 0 spiro atoms. The lowest BCUT2D eigenvalue weighted by Crippen LogP contribution is -2.02. The van der Waals surface area contributed by atoms with Crippen molar-refractivity contribution in [3.63, 3.8) is 0 Å². The van der Waals surface area contributed by atoms with Crippen molar-refractivity contribution in [3.8, 4) is 0 Å². The monoisotopic (exact) mass is 201 g/mol. The quantitative estimate of drug-likeness (QED) is 0.795. The maximum absolute atomic E-state index is 11.2. The van der Waals surface area contributed by atoms with Gasteiger partial charge in [0.1, 0.15) is 0 Å². The number of hydrogen-bond acceptors (Lipinski definition) is 1. The molecule has 0 amide bonds. The second-order valence-electron chi connectivity index (χ2n) is 3.98. The summed E-state index contributed by atoms with van der Waals surface area (Å²) in [5.74, 6) is 0.540. The average Bonchev–Trinajstić information content (AvgIpc) is 2.27. The first-order valence-electron chi connectivity index (χ1n) is 5.33. The highest BCUT2D eigenvalue weighted by Crippen LogP contribution is 2.21. The van der Waals surface area contributed by atoms with Crippen molar-refractivity contribution in [2.24, 2.45) is 0 Å². The molecule has 1 aromatic carbocycles. The molecule has 0 aliphatic rings. The largest absolute Gasteiger partial charge is 0.322 e. The molecule has 0 bridgehead atoms. The third-order valence-corrected chi connectivity index (χ3v) is 2.93. The van der Waals surface area contributed by atoms with Gasteiger partial charge in [-0.1, -0.05) is 26.0 Å². The molecule has 0 saturated heterocycles. The fraction of sp³-hybridized carbons (Fsp3) is 0.308. The average molecular weight is 201 g/mol. The summed E-state index contributed by atoms with van der Waals surface area (Å²) in [6.07, 6.45) is 1.11. The molecule has 0 aliphatic carbocycles. The van der Waals surface area contributed by atoms with Crippen LogP contribution in [0.15, 0.2) is 35.1 Å². The highest BCUT2D eigenvalue weighted by molar-refractivity contribution is 5.78. The number of benzene rings is 1. The first kappa shape index (κ1) is 9.97. The standard InChI is InChI=1S/C13H15NO/c1-3-9(2)11-5-4-10-6-7-13(15)14-12(10)8-11/h4-9H,3H2,1-2H3,(H,14,15). The molecule has 0 fully saturated rings. The highest BCUT2D eigenvalue weighted by Gasteiger charge is 2.03. The van der Waals surface area contributed by atoms with E-state index in [2.05, 4.69) is 37.0 Å². The summed E-state index contributed by atoms with van der Waals surface area (Å²) < 4.78 is 0. The summed E-state index contributed by atoms with van der Waals surface area (Å²) >= 11 is 0. The van der Waals surface area contributed by atoms with Crippen molar-refractivity contribution < 1.29 is 0 Å². The molecule has 1 aromatic heterocycles. The van der Waals surface area contributed by atoms with Crippen LogP contribution in [0.25, 0.3) is 10.9 Å². The van der Waals surface area contributed by atoms with Crippen LogP contribution in [0.5, 0.6) is 0 Å². The Bertz CT molecular complexity index is 527.